The quantitative estimate of drug-likeness (QED) is 0.555. The van der Waals surface area contributed by atoms with E-state index in [1.54, 1.807) is 0 Å². The van der Waals surface area contributed by atoms with Gasteiger partial charge in [-0.25, -0.2) is 0 Å². The summed E-state index contributed by atoms with van der Waals surface area (Å²) < 4.78 is 0. The summed E-state index contributed by atoms with van der Waals surface area (Å²) in [5, 5.41) is 12.5. The first kappa shape index (κ1) is 13.9. The van der Waals surface area contributed by atoms with Crippen molar-refractivity contribution < 1.29 is 5.11 Å². The number of hydrogen-bond donors (Lipinski definition) is 3. The van der Waals surface area contributed by atoms with Crippen molar-refractivity contribution in [2.24, 2.45) is 10.7 Å². The molecule has 1 atom stereocenters. The summed E-state index contributed by atoms with van der Waals surface area (Å²) in [4.78, 5) is 4.48. The fourth-order valence-electron chi connectivity index (χ4n) is 2.54. The zero-order valence-corrected chi connectivity index (χ0v) is 11.3. The van der Waals surface area contributed by atoms with E-state index >= 15 is 0 Å². The first-order valence-electron chi connectivity index (χ1n) is 7.02. The molecule has 2 rings (SSSR count). The van der Waals surface area contributed by atoms with Crippen molar-refractivity contribution in [3.63, 3.8) is 0 Å². The van der Waals surface area contributed by atoms with Gasteiger partial charge in [0, 0.05) is 0 Å². The van der Waals surface area contributed by atoms with Crippen LogP contribution in [0.5, 0.6) is 0 Å². The van der Waals surface area contributed by atoms with Crippen molar-refractivity contribution in [1.29, 1.82) is 0 Å². The number of nitrogens with zero attached hydrogens (tertiary/aromatic N) is 1. The van der Waals surface area contributed by atoms with E-state index in [4.69, 9.17) is 5.73 Å². The van der Waals surface area contributed by atoms with Gasteiger partial charge < -0.3 is 16.2 Å². The van der Waals surface area contributed by atoms with E-state index in [9.17, 15) is 5.11 Å². The number of rotatable bonds is 5. The molecule has 0 aromatic heterocycles. The maximum Gasteiger partial charge on any atom is 0.189 e. The van der Waals surface area contributed by atoms with Gasteiger partial charge in [-0.2, -0.15) is 0 Å². The number of benzene rings is 1. The number of aliphatic hydroxyl groups excluding tert-OH is 1. The molecule has 104 valence electrons. The Morgan fingerprint density at radius 2 is 2.00 bits per heavy atom. The predicted octanol–water partition coefficient (Wildman–Crippen LogP) is 1.44. The van der Waals surface area contributed by atoms with Gasteiger partial charge >= 0.3 is 0 Å². The maximum absolute atomic E-state index is 9.42. The molecule has 0 bridgehead atoms. The zero-order valence-electron chi connectivity index (χ0n) is 11.3. The zero-order chi connectivity index (χ0) is 13.5. The minimum absolute atomic E-state index is 0.0514. The molecule has 0 spiro atoms. The molecule has 1 aliphatic rings. The fraction of sp³-hybridized carbons (Fsp3) is 0.533. The molecule has 1 aromatic carbocycles. The Balaban J connectivity index is 1.87. The van der Waals surface area contributed by atoms with Crippen molar-refractivity contribution in [3.05, 3.63) is 35.9 Å². The minimum atomic E-state index is -0.0763. The Kier molecular flexibility index (Phi) is 5.21. The molecule has 1 aliphatic carbocycles. The van der Waals surface area contributed by atoms with Gasteiger partial charge in [-0.1, -0.05) is 43.2 Å². The Bertz CT molecular complexity index is 399. The summed E-state index contributed by atoms with van der Waals surface area (Å²) in [6, 6.07) is 10.4. The van der Waals surface area contributed by atoms with Crippen LogP contribution in [0.3, 0.4) is 0 Å². The molecule has 1 aromatic rings. The summed E-state index contributed by atoms with van der Waals surface area (Å²) >= 11 is 0. The van der Waals surface area contributed by atoms with Crippen LogP contribution in [0.2, 0.25) is 0 Å². The SMILES string of the molecule is NC(=NC1CCCC1)NC(CO)Cc1ccccc1. The second-order valence-corrected chi connectivity index (χ2v) is 5.17. The molecule has 0 heterocycles. The summed E-state index contributed by atoms with van der Waals surface area (Å²) in [6.45, 7) is 0.0514. The van der Waals surface area contributed by atoms with Crippen LogP contribution in [0.15, 0.2) is 35.3 Å². The molecule has 0 amide bonds. The number of guanidine groups is 1. The lowest BCUT2D eigenvalue weighted by Crippen LogP contribution is -2.43. The third-order valence-corrected chi connectivity index (χ3v) is 3.54. The van der Waals surface area contributed by atoms with Crippen LogP contribution in [-0.4, -0.2) is 29.8 Å². The van der Waals surface area contributed by atoms with Crippen LogP contribution in [0.4, 0.5) is 0 Å². The van der Waals surface area contributed by atoms with Crippen LogP contribution in [0.1, 0.15) is 31.2 Å². The van der Waals surface area contributed by atoms with E-state index in [1.807, 2.05) is 18.2 Å². The monoisotopic (exact) mass is 261 g/mol. The smallest absolute Gasteiger partial charge is 0.189 e. The van der Waals surface area contributed by atoms with E-state index in [0.29, 0.717) is 12.0 Å². The van der Waals surface area contributed by atoms with E-state index in [0.717, 1.165) is 19.3 Å². The molecule has 4 nitrogen and oxygen atoms in total. The fourth-order valence-corrected chi connectivity index (χ4v) is 2.54. The molecule has 0 saturated heterocycles. The molecule has 1 unspecified atom stereocenters. The second kappa shape index (κ2) is 7.14. The molecule has 1 fully saturated rings. The first-order chi connectivity index (χ1) is 9.28. The molecule has 0 radical (unpaired) electrons. The highest BCUT2D eigenvalue weighted by molar-refractivity contribution is 5.78. The van der Waals surface area contributed by atoms with Gasteiger partial charge in [0.25, 0.3) is 0 Å². The molecule has 4 N–H and O–H groups in total. The summed E-state index contributed by atoms with van der Waals surface area (Å²) in [5.41, 5.74) is 7.09. The average molecular weight is 261 g/mol. The highest BCUT2D eigenvalue weighted by atomic mass is 16.3. The standard InChI is InChI=1S/C15H23N3O/c16-15(17-13-8-4-5-9-13)18-14(11-19)10-12-6-2-1-3-7-12/h1-3,6-7,13-14,19H,4-5,8-11H2,(H3,16,17,18). The Morgan fingerprint density at radius 1 is 1.32 bits per heavy atom. The minimum Gasteiger partial charge on any atom is -0.394 e. The number of aliphatic imine (C=N–C) groups is 1. The van der Waals surface area contributed by atoms with Crippen molar-refractivity contribution in [1.82, 2.24) is 5.32 Å². The van der Waals surface area contributed by atoms with Crippen LogP contribution in [-0.2, 0) is 6.42 Å². The third-order valence-electron chi connectivity index (χ3n) is 3.54. The lowest BCUT2D eigenvalue weighted by Gasteiger charge is -2.17. The van der Waals surface area contributed by atoms with Crippen LogP contribution in [0.25, 0.3) is 0 Å². The van der Waals surface area contributed by atoms with E-state index < -0.39 is 0 Å². The lowest BCUT2D eigenvalue weighted by atomic mass is 10.1. The number of aliphatic hydroxyl groups is 1. The Labute approximate surface area is 114 Å². The summed E-state index contributed by atoms with van der Waals surface area (Å²) in [6.07, 6.45) is 5.50. The van der Waals surface area contributed by atoms with Crippen molar-refractivity contribution in [3.8, 4) is 0 Å². The molecule has 4 heteroatoms. The number of nitrogens with two attached hydrogens (primary N) is 1. The van der Waals surface area contributed by atoms with Crippen LogP contribution < -0.4 is 11.1 Å². The van der Waals surface area contributed by atoms with Crippen molar-refractivity contribution in [2.45, 2.75) is 44.2 Å². The second-order valence-electron chi connectivity index (χ2n) is 5.17. The molecular formula is C15H23N3O. The van der Waals surface area contributed by atoms with Gasteiger partial charge in [0.15, 0.2) is 5.96 Å². The maximum atomic E-state index is 9.42. The number of nitrogens with one attached hydrogen (secondary N) is 1. The molecular weight excluding hydrogens is 238 g/mol. The van der Waals surface area contributed by atoms with Gasteiger partial charge in [-0.05, 0) is 24.8 Å². The molecule has 19 heavy (non-hydrogen) atoms. The summed E-state index contributed by atoms with van der Waals surface area (Å²) in [5.74, 6) is 0.460. The van der Waals surface area contributed by atoms with E-state index in [1.165, 1.54) is 18.4 Å². The van der Waals surface area contributed by atoms with Crippen molar-refractivity contribution in [2.75, 3.05) is 6.61 Å². The first-order valence-corrected chi connectivity index (χ1v) is 7.02. The lowest BCUT2D eigenvalue weighted by molar-refractivity contribution is 0.254. The highest BCUT2D eigenvalue weighted by Gasteiger charge is 2.15. The van der Waals surface area contributed by atoms with E-state index in [-0.39, 0.29) is 12.6 Å². The van der Waals surface area contributed by atoms with Gasteiger partial charge in [0.05, 0.1) is 18.7 Å². The highest BCUT2D eigenvalue weighted by Crippen LogP contribution is 2.20. The summed E-state index contributed by atoms with van der Waals surface area (Å²) in [7, 11) is 0. The largest absolute Gasteiger partial charge is 0.394 e. The van der Waals surface area contributed by atoms with Crippen LogP contribution >= 0.6 is 0 Å². The van der Waals surface area contributed by atoms with Gasteiger partial charge in [0.1, 0.15) is 0 Å². The third kappa shape index (κ3) is 4.56. The average Bonchev–Trinajstić information content (AvgIpc) is 2.92. The Hall–Kier alpha value is -1.55. The normalized spacial score (nSPS) is 18.5. The van der Waals surface area contributed by atoms with E-state index in [2.05, 4.69) is 22.4 Å². The van der Waals surface area contributed by atoms with Crippen molar-refractivity contribution >= 4 is 5.96 Å². The van der Waals surface area contributed by atoms with Gasteiger partial charge in [-0.3, -0.25) is 4.99 Å². The van der Waals surface area contributed by atoms with Gasteiger partial charge in [0.2, 0.25) is 0 Å². The molecule has 1 saturated carbocycles. The predicted molar refractivity (Wildman–Crippen MR) is 78.0 cm³/mol. The van der Waals surface area contributed by atoms with Gasteiger partial charge in [-0.15, -0.1) is 0 Å². The van der Waals surface area contributed by atoms with Crippen LogP contribution in [0, 0.1) is 0 Å². The number of hydrogen-bond acceptors (Lipinski definition) is 2. The molecule has 0 aliphatic heterocycles. The topological polar surface area (TPSA) is 70.6 Å². The Morgan fingerprint density at radius 3 is 2.63 bits per heavy atom.